The van der Waals surface area contributed by atoms with E-state index in [1.165, 1.54) is 0 Å². The second-order valence-electron chi connectivity index (χ2n) is 4.21. The molecular formula is C10H21NO5. The van der Waals surface area contributed by atoms with Gasteiger partial charge in [0.1, 0.15) is 0 Å². The Morgan fingerprint density at radius 2 is 1.81 bits per heavy atom. The third-order valence-electron chi connectivity index (χ3n) is 3.15. The second-order valence-corrected chi connectivity index (χ2v) is 4.21. The zero-order chi connectivity index (χ0) is 12.3. The van der Waals surface area contributed by atoms with Crippen molar-refractivity contribution in [3.8, 4) is 0 Å². The van der Waals surface area contributed by atoms with Crippen LogP contribution in [0.25, 0.3) is 0 Å². The molecule has 1 aliphatic heterocycles. The second kappa shape index (κ2) is 5.90. The van der Waals surface area contributed by atoms with Gasteiger partial charge in [0.05, 0.1) is 43.6 Å². The molecule has 6 nitrogen and oxygen atoms in total. The van der Waals surface area contributed by atoms with Gasteiger partial charge in [0.15, 0.2) is 0 Å². The zero-order valence-corrected chi connectivity index (χ0v) is 9.40. The number of aliphatic hydroxyl groups is 5. The Kier molecular flexibility index (Phi) is 5.10. The summed E-state index contributed by atoms with van der Waals surface area (Å²) in [5.41, 5.74) is 0. The molecule has 16 heavy (non-hydrogen) atoms. The molecule has 96 valence electrons. The zero-order valence-electron chi connectivity index (χ0n) is 9.40. The Labute approximate surface area is 94.7 Å². The quantitative estimate of drug-likeness (QED) is 0.361. The Balaban J connectivity index is 2.85. The van der Waals surface area contributed by atoms with Crippen molar-refractivity contribution in [3.05, 3.63) is 0 Å². The lowest BCUT2D eigenvalue weighted by molar-refractivity contribution is -0.0305. The van der Waals surface area contributed by atoms with Crippen LogP contribution in [0.3, 0.4) is 0 Å². The van der Waals surface area contributed by atoms with Crippen LogP contribution >= 0.6 is 0 Å². The van der Waals surface area contributed by atoms with Gasteiger partial charge in [0, 0.05) is 0 Å². The molecule has 1 heterocycles. The van der Waals surface area contributed by atoms with Crippen LogP contribution in [0.15, 0.2) is 0 Å². The van der Waals surface area contributed by atoms with E-state index < -0.39 is 37.0 Å². The highest BCUT2D eigenvalue weighted by Gasteiger charge is 2.49. The Morgan fingerprint density at radius 1 is 1.19 bits per heavy atom. The van der Waals surface area contributed by atoms with Crippen molar-refractivity contribution in [3.63, 3.8) is 0 Å². The molecule has 0 amide bonds. The maximum Gasteiger partial charge on any atom is 0.0996 e. The molecule has 5 N–H and O–H groups in total. The molecule has 0 spiro atoms. The average Bonchev–Trinajstić information content (AvgIpc) is 2.51. The molecule has 0 aromatic carbocycles. The predicted octanol–water partition coefficient (Wildman–Crippen LogP) is -2.48. The molecule has 1 saturated heterocycles. The molecule has 0 bridgehead atoms. The Hall–Kier alpha value is -0.240. The van der Waals surface area contributed by atoms with Gasteiger partial charge in [-0.2, -0.15) is 0 Å². The number of likely N-dealkylation sites (tertiary alicyclic amines) is 1. The van der Waals surface area contributed by atoms with E-state index >= 15 is 0 Å². The highest BCUT2D eigenvalue weighted by Crippen LogP contribution is 2.27. The van der Waals surface area contributed by atoms with Gasteiger partial charge in [0.25, 0.3) is 0 Å². The van der Waals surface area contributed by atoms with Gasteiger partial charge in [-0.15, -0.1) is 0 Å². The fraction of sp³-hybridized carbons (Fsp3) is 1.00. The molecule has 1 aliphatic rings. The number of hydrogen-bond acceptors (Lipinski definition) is 6. The number of aliphatic hydroxyl groups excluding tert-OH is 5. The molecule has 0 radical (unpaired) electrons. The molecular weight excluding hydrogens is 214 g/mol. The van der Waals surface area contributed by atoms with E-state index in [0.717, 1.165) is 6.42 Å². The van der Waals surface area contributed by atoms with Crippen LogP contribution in [0.5, 0.6) is 0 Å². The van der Waals surface area contributed by atoms with E-state index in [-0.39, 0.29) is 6.61 Å². The largest absolute Gasteiger partial charge is 0.395 e. The number of rotatable bonds is 5. The molecule has 1 rings (SSSR count). The maximum atomic E-state index is 9.78. The van der Waals surface area contributed by atoms with Gasteiger partial charge < -0.3 is 25.5 Å². The van der Waals surface area contributed by atoms with Crippen LogP contribution in [0.1, 0.15) is 13.3 Å². The molecule has 5 atom stereocenters. The van der Waals surface area contributed by atoms with Gasteiger partial charge in [-0.1, -0.05) is 6.92 Å². The summed E-state index contributed by atoms with van der Waals surface area (Å²) in [4.78, 5) is 1.66. The normalized spacial score (nSPS) is 37.9. The molecule has 1 fully saturated rings. The van der Waals surface area contributed by atoms with Crippen LogP contribution < -0.4 is 0 Å². The van der Waals surface area contributed by atoms with Crippen LogP contribution in [-0.2, 0) is 0 Å². The molecule has 6 heteroatoms. The van der Waals surface area contributed by atoms with Gasteiger partial charge in [-0.05, 0) is 13.0 Å². The average molecular weight is 235 g/mol. The van der Waals surface area contributed by atoms with Gasteiger partial charge in [0.2, 0.25) is 0 Å². The minimum Gasteiger partial charge on any atom is -0.395 e. The maximum absolute atomic E-state index is 9.78. The van der Waals surface area contributed by atoms with Crippen molar-refractivity contribution in [2.24, 2.45) is 0 Å². The first-order valence-corrected chi connectivity index (χ1v) is 5.60. The highest BCUT2D eigenvalue weighted by atomic mass is 16.4. The molecule has 0 unspecified atom stereocenters. The summed E-state index contributed by atoms with van der Waals surface area (Å²) >= 11 is 0. The summed E-state index contributed by atoms with van der Waals surface area (Å²) in [6.45, 7) is 1.70. The fourth-order valence-corrected chi connectivity index (χ4v) is 2.39. The van der Waals surface area contributed by atoms with Crippen molar-refractivity contribution in [1.29, 1.82) is 0 Å². The standard InChI is InChI=1S/C10H21NO5/c1-2-3-11-6(4-12)9(15)10(16)8(11)7(14)5-13/h6-10,12-16H,2-5H2,1H3/t6-,7-,8+,9-,10-/m0/s1. The predicted molar refractivity (Wildman–Crippen MR) is 56.8 cm³/mol. The summed E-state index contributed by atoms with van der Waals surface area (Å²) in [6, 6.07) is -1.31. The first kappa shape index (κ1) is 13.8. The first-order valence-electron chi connectivity index (χ1n) is 5.60. The van der Waals surface area contributed by atoms with E-state index in [9.17, 15) is 15.3 Å². The van der Waals surface area contributed by atoms with Gasteiger partial charge in [-0.3, -0.25) is 4.90 Å². The third-order valence-corrected chi connectivity index (χ3v) is 3.15. The SMILES string of the molecule is CCCN1[C@H]([C@@H](O)CO)[C@H](O)[C@@H](O)[C@@H]1CO. The van der Waals surface area contributed by atoms with Crippen molar-refractivity contribution >= 4 is 0 Å². The monoisotopic (exact) mass is 235 g/mol. The van der Waals surface area contributed by atoms with Crippen molar-refractivity contribution < 1.29 is 25.5 Å². The van der Waals surface area contributed by atoms with Crippen LogP contribution in [0, 0.1) is 0 Å². The van der Waals surface area contributed by atoms with E-state index in [4.69, 9.17) is 10.2 Å². The Bertz CT molecular complexity index is 215. The smallest absolute Gasteiger partial charge is 0.0996 e. The fourth-order valence-electron chi connectivity index (χ4n) is 2.39. The summed E-state index contributed by atoms with van der Waals surface area (Å²) < 4.78 is 0. The minimum absolute atomic E-state index is 0.285. The van der Waals surface area contributed by atoms with E-state index in [1.807, 2.05) is 6.92 Å². The first-order chi connectivity index (χ1) is 7.58. The van der Waals surface area contributed by atoms with Crippen molar-refractivity contribution in [2.75, 3.05) is 19.8 Å². The van der Waals surface area contributed by atoms with Crippen LogP contribution in [-0.4, -0.2) is 80.6 Å². The van der Waals surface area contributed by atoms with E-state index in [0.29, 0.717) is 6.54 Å². The highest BCUT2D eigenvalue weighted by molar-refractivity contribution is 5.03. The summed E-state index contributed by atoms with van der Waals surface area (Å²) in [5, 5.41) is 47.2. The molecule has 0 saturated carbocycles. The summed E-state index contributed by atoms with van der Waals surface area (Å²) in [6.07, 6.45) is -2.59. The minimum atomic E-state index is -1.15. The van der Waals surface area contributed by atoms with Crippen LogP contribution in [0.4, 0.5) is 0 Å². The summed E-state index contributed by atoms with van der Waals surface area (Å²) in [7, 11) is 0. The van der Waals surface area contributed by atoms with Crippen LogP contribution in [0.2, 0.25) is 0 Å². The van der Waals surface area contributed by atoms with E-state index in [1.54, 1.807) is 4.90 Å². The van der Waals surface area contributed by atoms with Crippen molar-refractivity contribution in [1.82, 2.24) is 4.90 Å². The Morgan fingerprint density at radius 3 is 2.25 bits per heavy atom. The number of nitrogens with zero attached hydrogens (tertiary/aromatic N) is 1. The lowest BCUT2D eigenvalue weighted by atomic mass is 10.0. The summed E-state index contributed by atoms with van der Waals surface area (Å²) in [5.74, 6) is 0. The molecule has 0 aromatic rings. The lowest BCUT2D eigenvalue weighted by Crippen LogP contribution is -2.49. The topological polar surface area (TPSA) is 104 Å². The van der Waals surface area contributed by atoms with Crippen molar-refractivity contribution in [2.45, 2.75) is 43.7 Å². The van der Waals surface area contributed by atoms with Gasteiger partial charge in [-0.25, -0.2) is 0 Å². The van der Waals surface area contributed by atoms with E-state index in [2.05, 4.69) is 0 Å². The third kappa shape index (κ3) is 2.37. The molecule has 0 aliphatic carbocycles. The van der Waals surface area contributed by atoms with Gasteiger partial charge >= 0.3 is 0 Å². The number of hydrogen-bond donors (Lipinski definition) is 5. The lowest BCUT2D eigenvalue weighted by Gasteiger charge is -2.31. The molecule has 0 aromatic heterocycles.